The second-order valence-corrected chi connectivity index (χ2v) is 6.37. The van der Waals surface area contributed by atoms with E-state index in [1.807, 2.05) is 0 Å². The molecule has 2 rings (SSSR count). The number of hydrogen-bond acceptors (Lipinski definition) is 4. The van der Waals surface area contributed by atoms with E-state index in [4.69, 9.17) is 0 Å². The molecule has 0 radical (unpaired) electrons. The summed E-state index contributed by atoms with van der Waals surface area (Å²) >= 11 is 1.54. The number of carboxylic acids is 1. The van der Waals surface area contributed by atoms with E-state index in [0.717, 1.165) is 18.6 Å². The number of hydrogen-bond donors (Lipinski definition) is 2. The number of nitrogens with one attached hydrogen (secondary N) is 1. The molecule has 0 spiro atoms. The lowest BCUT2D eigenvalue weighted by Crippen LogP contribution is -2.60. The van der Waals surface area contributed by atoms with Gasteiger partial charge in [0.1, 0.15) is 12.1 Å². The molecule has 2 unspecified atom stereocenters. The molecule has 8 heteroatoms. The molecule has 0 bridgehead atoms. The van der Waals surface area contributed by atoms with Crippen molar-refractivity contribution in [3.63, 3.8) is 0 Å². The third-order valence-corrected chi connectivity index (χ3v) is 4.98. The summed E-state index contributed by atoms with van der Waals surface area (Å²) in [7, 11) is 1.55. The molecule has 3 amide bonds. The van der Waals surface area contributed by atoms with Gasteiger partial charge < -0.3 is 20.2 Å². The van der Waals surface area contributed by atoms with Gasteiger partial charge in [0.15, 0.2) is 0 Å². The maximum absolute atomic E-state index is 12.7. The average molecular weight is 315 g/mol. The number of thioether (sulfide) groups is 1. The summed E-state index contributed by atoms with van der Waals surface area (Å²) in [5.41, 5.74) is 0. The highest BCUT2D eigenvalue weighted by Gasteiger charge is 2.39. The fourth-order valence-electron chi connectivity index (χ4n) is 2.80. The number of urea groups is 1. The smallest absolute Gasteiger partial charge is 0.327 e. The molecule has 0 saturated carbocycles. The Bertz CT molecular complexity index is 432. The Morgan fingerprint density at radius 2 is 1.86 bits per heavy atom. The molecule has 2 N–H and O–H groups in total. The molecule has 0 aromatic rings. The minimum Gasteiger partial charge on any atom is -0.480 e. The van der Waals surface area contributed by atoms with Gasteiger partial charge in [-0.1, -0.05) is 0 Å². The van der Waals surface area contributed by atoms with Gasteiger partial charge >= 0.3 is 12.0 Å². The number of carbonyl (C=O) groups is 3. The van der Waals surface area contributed by atoms with Crippen molar-refractivity contribution in [3.05, 3.63) is 0 Å². The van der Waals surface area contributed by atoms with Crippen LogP contribution in [0.25, 0.3) is 0 Å². The Balaban J connectivity index is 2.15. The molecule has 2 atom stereocenters. The highest BCUT2D eigenvalue weighted by molar-refractivity contribution is 7.99. The van der Waals surface area contributed by atoms with Gasteiger partial charge in [0.05, 0.1) is 0 Å². The summed E-state index contributed by atoms with van der Waals surface area (Å²) in [6.45, 7) is 0.921. The monoisotopic (exact) mass is 315 g/mol. The highest BCUT2D eigenvalue weighted by atomic mass is 32.2. The van der Waals surface area contributed by atoms with Crippen LogP contribution < -0.4 is 5.32 Å². The van der Waals surface area contributed by atoms with Gasteiger partial charge in [-0.3, -0.25) is 4.79 Å². The van der Waals surface area contributed by atoms with Crippen LogP contribution in [0.15, 0.2) is 0 Å². The topological polar surface area (TPSA) is 90.0 Å². The third-order valence-electron chi connectivity index (χ3n) is 3.96. The molecule has 2 aliphatic heterocycles. The Morgan fingerprint density at radius 1 is 1.14 bits per heavy atom. The van der Waals surface area contributed by atoms with Gasteiger partial charge in [0, 0.05) is 31.6 Å². The summed E-state index contributed by atoms with van der Waals surface area (Å²) in [6.07, 6.45) is 2.38. The molecular formula is C13H21N3O4S. The fraction of sp³-hybridized carbons (Fsp3) is 0.769. The number of likely N-dealkylation sites (N-methyl/N-ethyl adjacent to an activating group) is 1. The van der Waals surface area contributed by atoms with E-state index in [9.17, 15) is 19.5 Å². The highest BCUT2D eigenvalue weighted by Crippen LogP contribution is 2.23. The first kappa shape index (κ1) is 15.9. The number of nitrogens with zero attached hydrogens (tertiary/aromatic N) is 2. The Kier molecular flexibility index (Phi) is 5.33. The van der Waals surface area contributed by atoms with Crippen LogP contribution in [0.2, 0.25) is 0 Å². The predicted octanol–water partition coefficient (Wildman–Crippen LogP) is 0.209. The van der Waals surface area contributed by atoms with Crippen molar-refractivity contribution in [1.29, 1.82) is 0 Å². The van der Waals surface area contributed by atoms with Gasteiger partial charge in [0.25, 0.3) is 0 Å². The van der Waals surface area contributed by atoms with Crippen molar-refractivity contribution in [2.75, 3.05) is 31.6 Å². The van der Waals surface area contributed by atoms with Crippen LogP contribution in [-0.2, 0) is 9.59 Å². The fourth-order valence-corrected chi connectivity index (χ4v) is 3.84. The van der Waals surface area contributed by atoms with E-state index in [0.29, 0.717) is 25.3 Å². The Labute approximate surface area is 128 Å². The molecule has 2 heterocycles. The zero-order chi connectivity index (χ0) is 15.4. The molecule has 2 aliphatic rings. The van der Waals surface area contributed by atoms with Crippen LogP contribution in [0.1, 0.15) is 19.3 Å². The number of rotatable bonds is 2. The van der Waals surface area contributed by atoms with Crippen LogP contribution in [0.4, 0.5) is 4.79 Å². The van der Waals surface area contributed by atoms with Gasteiger partial charge in [-0.2, -0.15) is 11.8 Å². The van der Waals surface area contributed by atoms with E-state index in [1.54, 1.807) is 7.05 Å². The van der Waals surface area contributed by atoms with Crippen molar-refractivity contribution >= 4 is 29.7 Å². The van der Waals surface area contributed by atoms with Gasteiger partial charge in [-0.25, -0.2) is 9.59 Å². The number of piperidine rings is 1. The SMILES string of the molecule is CNC(=O)C1CCCCN1C(=O)N1CCSCC1C(=O)O. The van der Waals surface area contributed by atoms with Gasteiger partial charge in [0.2, 0.25) is 5.91 Å². The molecule has 21 heavy (non-hydrogen) atoms. The van der Waals surface area contributed by atoms with E-state index in [1.165, 1.54) is 21.6 Å². The summed E-state index contributed by atoms with van der Waals surface area (Å²) in [5, 5.41) is 11.9. The molecule has 7 nitrogen and oxygen atoms in total. The van der Waals surface area contributed by atoms with E-state index in [2.05, 4.69) is 5.32 Å². The second-order valence-electron chi connectivity index (χ2n) is 5.22. The van der Waals surface area contributed by atoms with Crippen LogP contribution in [0, 0.1) is 0 Å². The number of carbonyl (C=O) groups excluding carboxylic acids is 2. The summed E-state index contributed by atoms with van der Waals surface area (Å²) < 4.78 is 0. The standard InChI is InChI=1S/C13H21N3O4S/c1-14-11(17)9-4-2-3-5-15(9)13(20)16-6-7-21-8-10(16)12(18)19/h9-10H,2-8H2,1H3,(H,14,17)(H,18,19). The summed E-state index contributed by atoms with van der Waals surface area (Å²) in [4.78, 5) is 38.9. The minimum atomic E-state index is -0.982. The predicted molar refractivity (Wildman–Crippen MR) is 79.3 cm³/mol. The zero-order valence-electron chi connectivity index (χ0n) is 12.1. The molecule has 2 fully saturated rings. The average Bonchev–Trinajstić information content (AvgIpc) is 2.53. The molecule has 0 aromatic carbocycles. The number of likely N-dealkylation sites (tertiary alicyclic amines) is 1. The number of amides is 3. The zero-order valence-corrected chi connectivity index (χ0v) is 12.9. The molecular weight excluding hydrogens is 294 g/mol. The van der Waals surface area contributed by atoms with Crippen molar-refractivity contribution in [2.45, 2.75) is 31.3 Å². The van der Waals surface area contributed by atoms with Gasteiger partial charge in [-0.05, 0) is 19.3 Å². The normalized spacial score (nSPS) is 26.3. The maximum Gasteiger partial charge on any atom is 0.327 e. The Hall–Kier alpha value is -1.44. The van der Waals surface area contributed by atoms with Crippen molar-refractivity contribution in [3.8, 4) is 0 Å². The second kappa shape index (κ2) is 7.02. The van der Waals surface area contributed by atoms with Crippen LogP contribution in [0.3, 0.4) is 0 Å². The van der Waals surface area contributed by atoms with Crippen LogP contribution in [0.5, 0.6) is 0 Å². The first-order chi connectivity index (χ1) is 10.1. The quantitative estimate of drug-likeness (QED) is 0.760. The first-order valence-electron chi connectivity index (χ1n) is 7.15. The minimum absolute atomic E-state index is 0.179. The Morgan fingerprint density at radius 3 is 2.52 bits per heavy atom. The molecule has 0 aromatic heterocycles. The third kappa shape index (κ3) is 3.42. The largest absolute Gasteiger partial charge is 0.480 e. The molecule has 0 aliphatic carbocycles. The molecule has 2 saturated heterocycles. The van der Waals surface area contributed by atoms with Crippen molar-refractivity contribution in [1.82, 2.24) is 15.1 Å². The maximum atomic E-state index is 12.7. The lowest BCUT2D eigenvalue weighted by atomic mass is 10.0. The van der Waals surface area contributed by atoms with Crippen LogP contribution in [-0.4, -0.2) is 76.5 Å². The lowest BCUT2D eigenvalue weighted by Gasteiger charge is -2.41. The van der Waals surface area contributed by atoms with E-state index in [-0.39, 0.29) is 11.9 Å². The van der Waals surface area contributed by atoms with Crippen LogP contribution >= 0.6 is 11.8 Å². The van der Waals surface area contributed by atoms with E-state index < -0.39 is 18.1 Å². The first-order valence-corrected chi connectivity index (χ1v) is 8.31. The van der Waals surface area contributed by atoms with Crippen molar-refractivity contribution in [2.24, 2.45) is 0 Å². The number of aliphatic carboxylic acids is 1. The van der Waals surface area contributed by atoms with Crippen molar-refractivity contribution < 1.29 is 19.5 Å². The summed E-state index contributed by atoms with van der Waals surface area (Å²) in [6, 6.07) is -1.61. The number of carboxylic acid groups (broad SMARTS) is 1. The van der Waals surface area contributed by atoms with Gasteiger partial charge in [-0.15, -0.1) is 0 Å². The van der Waals surface area contributed by atoms with E-state index >= 15 is 0 Å². The summed E-state index contributed by atoms with van der Waals surface area (Å²) in [5.74, 6) is -0.0292. The molecule has 118 valence electrons. The lowest BCUT2D eigenvalue weighted by molar-refractivity contribution is -0.141.